The molecule has 58 valence electrons. The van der Waals surface area contributed by atoms with Gasteiger partial charge >= 0.3 is 0 Å². The molecule has 0 aromatic carbocycles. The van der Waals surface area contributed by atoms with Crippen molar-refractivity contribution in [3.63, 3.8) is 0 Å². The Balaban J connectivity index is 2.86. The Labute approximate surface area is 71.0 Å². The summed E-state index contributed by atoms with van der Waals surface area (Å²) < 4.78 is 5.00. The molecule has 0 atom stereocenters. The van der Waals surface area contributed by atoms with Crippen LogP contribution in [0.4, 0.5) is 0 Å². The van der Waals surface area contributed by atoms with Gasteiger partial charge in [-0.05, 0) is 13.0 Å². The normalized spacial score (nSPS) is 11.6. The van der Waals surface area contributed by atoms with Gasteiger partial charge in [0.25, 0.3) is 0 Å². The van der Waals surface area contributed by atoms with Gasteiger partial charge in [-0.1, -0.05) is 12.2 Å². The molecule has 0 aliphatic heterocycles. The van der Waals surface area contributed by atoms with Crippen LogP contribution in [0.1, 0.15) is 12.7 Å². The maximum absolute atomic E-state index is 5.00. The van der Waals surface area contributed by atoms with E-state index in [1.54, 1.807) is 6.20 Å². The molecule has 0 radical (unpaired) electrons. The van der Waals surface area contributed by atoms with Crippen LogP contribution in [0.2, 0.25) is 0 Å². The molecule has 11 heavy (non-hydrogen) atoms. The monoisotopic (exact) mass is 167 g/mol. The molecule has 0 saturated carbocycles. The van der Waals surface area contributed by atoms with Crippen LogP contribution < -0.4 is 0 Å². The van der Waals surface area contributed by atoms with E-state index in [1.807, 2.05) is 13.0 Å². The van der Waals surface area contributed by atoms with E-state index in [0.29, 0.717) is 5.76 Å². The zero-order chi connectivity index (χ0) is 8.27. The van der Waals surface area contributed by atoms with Crippen molar-refractivity contribution in [2.24, 2.45) is 0 Å². The van der Waals surface area contributed by atoms with Crippen LogP contribution in [0, 0.1) is 0 Å². The molecular weight excluding hydrogens is 158 g/mol. The Morgan fingerprint density at radius 2 is 2.55 bits per heavy atom. The molecule has 0 fully saturated rings. The molecule has 1 aromatic rings. The summed E-state index contributed by atoms with van der Waals surface area (Å²) in [4.78, 5) is 4.51. The van der Waals surface area contributed by atoms with Gasteiger partial charge < -0.3 is 4.42 Å². The minimum absolute atomic E-state index is 0.663. The highest BCUT2D eigenvalue weighted by atomic mass is 32.1. The van der Waals surface area contributed by atoms with Crippen molar-refractivity contribution in [2.45, 2.75) is 6.92 Å². The number of aromatic nitrogens is 1. The Bertz CT molecular complexity index is 274. The molecule has 0 aliphatic carbocycles. The molecule has 0 unspecified atom stereocenters. The summed E-state index contributed by atoms with van der Waals surface area (Å²) in [6, 6.07) is 0. The first kappa shape index (κ1) is 8.14. The zero-order valence-electron chi connectivity index (χ0n) is 6.24. The maximum Gasteiger partial charge on any atom is 0.181 e. The topological polar surface area (TPSA) is 26.0 Å². The fraction of sp³-hybridized carbons (Fsp3) is 0.125. The zero-order valence-corrected chi connectivity index (χ0v) is 7.14. The molecule has 0 saturated heterocycles. The molecule has 2 nitrogen and oxygen atoms in total. The summed E-state index contributed by atoms with van der Waals surface area (Å²) in [6.45, 7) is 5.61. The lowest BCUT2D eigenvalue weighted by atomic mass is 10.3. The van der Waals surface area contributed by atoms with Crippen LogP contribution in [0.25, 0.3) is 4.91 Å². The molecular formula is C8H9NOS. The number of allylic oxidation sites excluding steroid dienone is 2. The van der Waals surface area contributed by atoms with E-state index in [9.17, 15) is 0 Å². The Kier molecular flexibility index (Phi) is 2.54. The van der Waals surface area contributed by atoms with Crippen LogP contribution in [0.5, 0.6) is 0 Å². The molecule has 0 amide bonds. The van der Waals surface area contributed by atoms with Crippen molar-refractivity contribution < 1.29 is 4.42 Å². The number of oxazole rings is 1. The van der Waals surface area contributed by atoms with Gasteiger partial charge in [0.1, 0.15) is 0 Å². The number of thiol groups is 1. The quantitative estimate of drug-likeness (QED) is 0.541. The number of nitrogens with zero attached hydrogens (tertiary/aromatic N) is 1. The summed E-state index contributed by atoms with van der Waals surface area (Å²) in [5.41, 5.74) is 0.936. The Morgan fingerprint density at radius 3 is 3.00 bits per heavy atom. The predicted molar refractivity (Wildman–Crippen MR) is 48.3 cm³/mol. The minimum atomic E-state index is 0.663. The molecule has 1 rings (SSSR count). The highest BCUT2D eigenvalue weighted by Crippen LogP contribution is 2.18. The largest absolute Gasteiger partial charge is 0.443 e. The molecule has 3 heteroatoms. The van der Waals surface area contributed by atoms with E-state index in [0.717, 1.165) is 10.5 Å². The average molecular weight is 167 g/mol. The minimum Gasteiger partial charge on any atom is -0.443 e. The van der Waals surface area contributed by atoms with Gasteiger partial charge in [-0.2, -0.15) is 0 Å². The Hall–Kier alpha value is -0.960. The molecule has 0 bridgehead atoms. The summed E-state index contributed by atoms with van der Waals surface area (Å²) >= 11 is 4.19. The van der Waals surface area contributed by atoms with E-state index in [2.05, 4.69) is 24.2 Å². The van der Waals surface area contributed by atoms with Crippen LogP contribution in [0.3, 0.4) is 0 Å². The maximum atomic E-state index is 5.00. The standard InChI is InChI=1S/C8H9NOS/c1-6(2)3-8(11)7-4-9-5-10-7/h3-5,11H,1H2,2H3/b8-3-. The lowest BCUT2D eigenvalue weighted by Gasteiger charge is -1.92. The highest BCUT2D eigenvalue weighted by molar-refractivity contribution is 7.90. The second-order valence-electron chi connectivity index (χ2n) is 2.24. The lowest BCUT2D eigenvalue weighted by molar-refractivity contribution is 0.547. The lowest BCUT2D eigenvalue weighted by Crippen LogP contribution is -1.71. The van der Waals surface area contributed by atoms with Crippen molar-refractivity contribution >= 4 is 17.5 Å². The third-order valence-electron chi connectivity index (χ3n) is 1.07. The van der Waals surface area contributed by atoms with Crippen molar-refractivity contribution in [1.29, 1.82) is 0 Å². The second kappa shape index (κ2) is 3.44. The molecule has 0 N–H and O–H groups in total. The van der Waals surface area contributed by atoms with Crippen LogP contribution in [-0.2, 0) is 0 Å². The van der Waals surface area contributed by atoms with Gasteiger partial charge in [-0.25, -0.2) is 4.98 Å². The van der Waals surface area contributed by atoms with E-state index in [-0.39, 0.29) is 0 Å². The van der Waals surface area contributed by atoms with E-state index in [1.165, 1.54) is 6.39 Å². The van der Waals surface area contributed by atoms with Gasteiger partial charge in [0.2, 0.25) is 0 Å². The van der Waals surface area contributed by atoms with Crippen molar-refractivity contribution in [1.82, 2.24) is 4.98 Å². The fourth-order valence-electron chi connectivity index (χ4n) is 0.647. The summed E-state index contributed by atoms with van der Waals surface area (Å²) in [6.07, 6.45) is 4.81. The second-order valence-corrected chi connectivity index (χ2v) is 2.72. The number of hydrogen-bond donors (Lipinski definition) is 1. The van der Waals surface area contributed by atoms with E-state index in [4.69, 9.17) is 4.42 Å². The predicted octanol–water partition coefficient (Wildman–Crippen LogP) is 2.52. The molecule has 0 aliphatic rings. The van der Waals surface area contributed by atoms with E-state index >= 15 is 0 Å². The van der Waals surface area contributed by atoms with Crippen molar-refractivity contribution in [2.75, 3.05) is 0 Å². The van der Waals surface area contributed by atoms with Gasteiger partial charge in [0, 0.05) is 4.91 Å². The van der Waals surface area contributed by atoms with Gasteiger partial charge in [-0.15, -0.1) is 12.6 Å². The van der Waals surface area contributed by atoms with Gasteiger partial charge in [-0.3, -0.25) is 0 Å². The van der Waals surface area contributed by atoms with Crippen LogP contribution in [0.15, 0.2) is 35.2 Å². The van der Waals surface area contributed by atoms with Gasteiger partial charge in [0.05, 0.1) is 6.20 Å². The fourth-order valence-corrected chi connectivity index (χ4v) is 0.978. The third kappa shape index (κ3) is 2.27. The van der Waals surface area contributed by atoms with Crippen molar-refractivity contribution in [3.05, 3.63) is 36.6 Å². The highest BCUT2D eigenvalue weighted by Gasteiger charge is 1.98. The first-order valence-electron chi connectivity index (χ1n) is 3.15. The Morgan fingerprint density at radius 1 is 1.82 bits per heavy atom. The smallest absolute Gasteiger partial charge is 0.181 e. The summed E-state index contributed by atoms with van der Waals surface area (Å²) in [5, 5.41) is 0. The summed E-state index contributed by atoms with van der Waals surface area (Å²) in [5.74, 6) is 0.663. The average Bonchev–Trinajstić information content (AvgIpc) is 2.35. The van der Waals surface area contributed by atoms with Crippen LogP contribution >= 0.6 is 12.6 Å². The summed E-state index contributed by atoms with van der Waals surface area (Å²) in [7, 11) is 0. The first-order valence-corrected chi connectivity index (χ1v) is 3.60. The molecule has 1 heterocycles. The first-order chi connectivity index (χ1) is 5.20. The molecule has 0 spiro atoms. The SMILES string of the molecule is C=C(C)/C=C(\S)c1cnco1. The molecule has 1 aromatic heterocycles. The third-order valence-corrected chi connectivity index (χ3v) is 1.42. The van der Waals surface area contributed by atoms with E-state index < -0.39 is 0 Å². The number of hydrogen-bond acceptors (Lipinski definition) is 3. The number of rotatable bonds is 2. The van der Waals surface area contributed by atoms with Crippen molar-refractivity contribution in [3.8, 4) is 0 Å². The van der Waals surface area contributed by atoms with Gasteiger partial charge in [0.15, 0.2) is 12.2 Å². The van der Waals surface area contributed by atoms with Crippen LogP contribution in [-0.4, -0.2) is 4.98 Å².